The fraction of sp³-hybridized carbons (Fsp3) is 0.462. The predicted molar refractivity (Wildman–Crippen MR) is 63.9 cm³/mol. The molecule has 0 bridgehead atoms. The maximum atomic E-state index is 12.8. The number of hydrogen-bond donors (Lipinski definition) is 2. The molecule has 0 spiro atoms. The van der Waals surface area contributed by atoms with Crippen molar-refractivity contribution in [3.05, 3.63) is 29.6 Å². The molecule has 2 N–H and O–H groups in total. The van der Waals surface area contributed by atoms with Gasteiger partial charge in [-0.1, -0.05) is 0 Å². The Morgan fingerprint density at radius 2 is 2.39 bits per heavy atom. The molecule has 1 aliphatic rings. The molecular weight excluding hydrogens is 237 g/mol. The number of carbonyl (C=O) groups excluding carboxylic acids is 1. The molecule has 1 amide bonds. The van der Waals surface area contributed by atoms with Crippen LogP contribution >= 0.6 is 0 Å². The molecular formula is C13H16FNO3. The number of phenolic OH excluding ortho intramolecular Hbond substituents is 1. The average Bonchev–Trinajstić information content (AvgIpc) is 2.72. The number of nitrogens with one attached hydrogen (secondary N) is 1. The lowest BCUT2D eigenvalue weighted by Gasteiger charge is -2.15. The van der Waals surface area contributed by atoms with Crippen LogP contribution in [0, 0.1) is 11.7 Å². The Morgan fingerprint density at radius 3 is 3.00 bits per heavy atom. The monoisotopic (exact) mass is 253 g/mol. The van der Waals surface area contributed by atoms with Crippen molar-refractivity contribution in [1.29, 1.82) is 0 Å². The molecule has 0 saturated carbocycles. The largest absolute Gasteiger partial charge is 0.507 e. The number of aromatic hydroxyl groups is 1. The van der Waals surface area contributed by atoms with Crippen LogP contribution in [0.15, 0.2) is 18.2 Å². The topological polar surface area (TPSA) is 58.6 Å². The lowest BCUT2D eigenvalue weighted by molar-refractivity contribution is 0.0905. The second-order valence-corrected chi connectivity index (χ2v) is 4.50. The molecule has 0 radical (unpaired) electrons. The molecule has 5 heteroatoms. The fourth-order valence-electron chi connectivity index (χ4n) is 2.06. The minimum Gasteiger partial charge on any atom is -0.507 e. The van der Waals surface area contributed by atoms with E-state index in [2.05, 4.69) is 5.32 Å². The van der Waals surface area contributed by atoms with E-state index in [0.29, 0.717) is 13.2 Å². The molecule has 2 rings (SSSR count). The molecule has 1 aromatic rings. The van der Waals surface area contributed by atoms with Gasteiger partial charge < -0.3 is 15.2 Å². The Morgan fingerprint density at radius 1 is 1.61 bits per heavy atom. The van der Waals surface area contributed by atoms with Gasteiger partial charge in [0.1, 0.15) is 11.6 Å². The molecule has 1 aromatic carbocycles. The molecule has 1 heterocycles. The van der Waals surface area contributed by atoms with Gasteiger partial charge in [-0.15, -0.1) is 0 Å². The Bertz CT molecular complexity index is 450. The smallest absolute Gasteiger partial charge is 0.255 e. The summed E-state index contributed by atoms with van der Waals surface area (Å²) in [4.78, 5) is 11.8. The van der Waals surface area contributed by atoms with E-state index in [9.17, 15) is 14.3 Å². The van der Waals surface area contributed by atoms with E-state index in [0.717, 1.165) is 18.6 Å². The van der Waals surface area contributed by atoms with Crippen molar-refractivity contribution in [3.63, 3.8) is 0 Å². The van der Waals surface area contributed by atoms with E-state index < -0.39 is 11.7 Å². The number of rotatable bonds is 3. The zero-order valence-electron chi connectivity index (χ0n) is 10.1. The summed E-state index contributed by atoms with van der Waals surface area (Å²) in [6, 6.07) is 3.35. The summed E-state index contributed by atoms with van der Waals surface area (Å²) in [5, 5.41) is 12.2. The zero-order valence-corrected chi connectivity index (χ0v) is 10.1. The number of hydrogen-bond acceptors (Lipinski definition) is 3. The molecule has 0 aliphatic carbocycles. The van der Waals surface area contributed by atoms with Crippen LogP contribution < -0.4 is 5.32 Å². The van der Waals surface area contributed by atoms with Gasteiger partial charge in [0.15, 0.2) is 0 Å². The summed E-state index contributed by atoms with van der Waals surface area (Å²) in [7, 11) is 0. The first-order chi connectivity index (χ1) is 8.58. The number of carbonyl (C=O) groups is 1. The maximum Gasteiger partial charge on any atom is 0.255 e. The normalized spacial score (nSPS) is 23.0. The van der Waals surface area contributed by atoms with Crippen LogP contribution in [0.5, 0.6) is 5.75 Å². The minimum absolute atomic E-state index is 0.0861. The first kappa shape index (κ1) is 12.8. The van der Waals surface area contributed by atoms with Crippen molar-refractivity contribution >= 4 is 5.91 Å². The van der Waals surface area contributed by atoms with Crippen LogP contribution in [-0.4, -0.2) is 30.3 Å². The molecule has 0 aromatic heterocycles. The van der Waals surface area contributed by atoms with Gasteiger partial charge in [0.2, 0.25) is 0 Å². The molecule has 2 unspecified atom stereocenters. The van der Waals surface area contributed by atoms with E-state index in [1.54, 1.807) is 0 Å². The molecule has 18 heavy (non-hydrogen) atoms. The van der Waals surface area contributed by atoms with Crippen molar-refractivity contribution in [3.8, 4) is 5.75 Å². The van der Waals surface area contributed by atoms with Crippen molar-refractivity contribution in [2.24, 2.45) is 5.92 Å². The lowest BCUT2D eigenvalue weighted by atomic mass is 10.0. The average molecular weight is 253 g/mol. The van der Waals surface area contributed by atoms with Crippen molar-refractivity contribution in [1.82, 2.24) is 5.32 Å². The van der Waals surface area contributed by atoms with Crippen molar-refractivity contribution < 1.29 is 19.0 Å². The summed E-state index contributed by atoms with van der Waals surface area (Å²) in [6.45, 7) is 3.18. The number of benzene rings is 1. The number of ether oxygens (including phenoxy) is 1. The Balaban J connectivity index is 1.95. The van der Waals surface area contributed by atoms with Crippen LogP contribution in [0.25, 0.3) is 0 Å². The highest BCUT2D eigenvalue weighted by molar-refractivity contribution is 5.96. The Hall–Kier alpha value is -1.62. The van der Waals surface area contributed by atoms with Gasteiger partial charge in [-0.25, -0.2) is 4.39 Å². The number of amides is 1. The lowest BCUT2D eigenvalue weighted by Crippen LogP contribution is -2.32. The second-order valence-electron chi connectivity index (χ2n) is 4.50. The van der Waals surface area contributed by atoms with Gasteiger partial charge >= 0.3 is 0 Å². The maximum absolute atomic E-state index is 12.8. The van der Waals surface area contributed by atoms with Gasteiger partial charge in [-0.05, 0) is 25.5 Å². The first-order valence-corrected chi connectivity index (χ1v) is 5.96. The first-order valence-electron chi connectivity index (χ1n) is 5.96. The number of halogens is 1. The highest BCUT2D eigenvalue weighted by Gasteiger charge is 2.24. The molecule has 1 saturated heterocycles. The van der Waals surface area contributed by atoms with Crippen molar-refractivity contribution in [2.75, 3.05) is 13.2 Å². The van der Waals surface area contributed by atoms with E-state index in [-0.39, 0.29) is 23.3 Å². The quantitative estimate of drug-likeness (QED) is 0.861. The Kier molecular flexibility index (Phi) is 3.81. The van der Waals surface area contributed by atoms with Crippen molar-refractivity contribution in [2.45, 2.75) is 19.4 Å². The van der Waals surface area contributed by atoms with E-state index in [4.69, 9.17) is 4.74 Å². The minimum atomic E-state index is -0.568. The van der Waals surface area contributed by atoms with Crippen LogP contribution in [-0.2, 0) is 4.74 Å². The summed E-state index contributed by atoms with van der Waals surface area (Å²) in [5.74, 6) is -1.02. The Labute approximate surface area is 105 Å². The van der Waals surface area contributed by atoms with Gasteiger partial charge in [-0.2, -0.15) is 0 Å². The summed E-state index contributed by atoms with van der Waals surface area (Å²) < 4.78 is 18.2. The summed E-state index contributed by atoms with van der Waals surface area (Å²) in [5.41, 5.74) is 0.0861. The SMILES string of the molecule is CC1OCCC1CNC(=O)c1ccc(F)cc1O. The van der Waals surface area contributed by atoms with E-state index in [1.807, 2.05) is 6.92 Å². The molecule has 4 nitrogen and oxygen atoms in total. The highest BCUT2D eigenvalue weighted by Crippen LogP contribution is 2.21. The van der Waals surface area contributed by atoms with E-state index in [1.165, 1.54) is 6.07 Å². The number of phenols is 1. The van der Waals surface area contributed by atoms with Gasteiger partial charge in [-0.3, -0.25) is 4.79 Å². The predicted octanol–water partition coefficient (Wildman–Crippen LogP) is 1.69. The van der Waals surface area contributed by atoms with Crippen LogP contribution in [0.4, 0.5) is 4.39 Å². The summed E-state index contributed by atoms with van der Waals surface area (Å²) in [6.07, 6.45) is 1.05. The molecule has 1 aliphatic heterocycles. The zero-order chi connectivity index (χ0) is 13.1. The van der Waals surface area contributed by atoms with Crippen LogP contribution in [0.3, 0.4) is 0 Å². The second kappa shape index (κ2) is 5.35. The standard InChI is InChI=1S/C13H16FNO3/c1-8-9(4-5-18-8)7-15-13(17)11-3-2-10(14)6-12(11)16/h2-3,6,8-9,16H,4-5,7H2,1H3,(H,15,17). The molecule has 2 atom stereocenters. The molecule has 98 valence electrons. The van der Waals surface area contributed by atoms with E-state index >= 15 is 0 Å². The van der Waals surface area contributed by atoms with Gasteiger partial charge in [0.25, 0.3) is 5.91 Å². The van der Waals surface area contributed by atoms with Crippen LogP contribution in [0.2, 0.25) is 0 Å². The van der Waals surface area contributed by atoms with Crippen LogP contribution in [0.1, 0.15) is 23.7 Å². The third-order valence-corrected chi connectivity index (χ3v) is 3.26. The third kappa shape index (κ3) is 2.79. The fourth-order valence-corrected chi connectivity index (χ4v) is 2.06. The molecule has 1 fully saturated rings. The third-order valence-electron chi connectivity index (χ3n) is 3.26. The summed E-state index contributed by atoms with van der Waals surface area (Å²) >= 11 is 0. The highest BCUT2D eigenvalue weighted by atomic mass is 19.1. The van der Waals surface area contributed by atoms with Gasteiger partial charge in [0, 0.05) is 25.1 Å². The van der Waals surface area contributed by atoms with Gasteiger partial charge in [0.05, 0.1) is 11.7 Å².